The number of nitrogens with zero attached hydrogens (tertiary/aromatic N) is 1. The van der Waals surface area contributed by atoms with Gasteiger partial charge in [0.15, 0.2) is 0 Å². The molecule has 4 atom stereocenters. The van der Waals surface area contributed by atoms with Crippen molar-refractivity contribution in [2.75, 3.05) is 6.61 Å². The van der Waals surface area contributed by atoms with Crippen LogP contribution >= 0.6 is 0 Å². The monoisotopic (exact) mass is 418 g/mol. The van der Waals surface area contributed by atoms with E-state index in [2.05, 4.69) is 9.72 Å². The highest BCUT2D eigenvalue weighted by Gasteiger charge is 2.44. The fourth-order valence-electron chi connectivity index (χ4n) is 3.00. The van der Waals surface area contributed by atoms with Crippen molar-refractivity contribution in [3.63, 3.8) is 0 Å². The quantitative estimate of drug-likeness (QED) is 0.521. The van der Waals surface area contributed by atoms with Crippen LogP contribution in [0.4, 0.5) is 13.2 Å². The molecule has 1 aromatic heterocycles. The van der Waals surface area contributed by atoms with E-state index in [1.165, 1.54) is 12.1 Å². The zero-order valence-corrected chi connectivity index (χ0v) is 14.7. The molecule has 1 aliphatic rings. The van der Waals surface area contributed by atoms with Crippen molar-refractivity contribution in [1.29, 1.82) is 0 Å². The maximum absolute atomic E-state index is 12.2. The predicted octanol–water partition coefficient (Wildman–Crippen LogP) is -0.362. The summed E-state index contributed by atoms with van der Waals surface area (Å²) >= 11 is 0. The van der Waals surface area contributed by atoms with E-state index in [1.54, 1.807) is 0 Å². The zero-order valence-electron chi connectivity index (χ0n) is 14.7. The summed E-state index contributed by atoms with van der Waals surface area (Å²) in [5.41, 5.74) is -1.35. The van der Waals surface area contributed by atoms with Gasteiger partial charge in [0, 0.05) is 6.20 Å². The number of nitrogens with one attached hydrogen (secondary N) is 1. The number of hydrogen-bond donors (Lipinski definition) is 4. The first-order chi connectivity index (χ1) is 13.6. The van der Waals surface area contributed by atoms with E-state index in [4.69, 9.17) is 9.84 Å². The average Bonchev–Trinajstić information content (AvgIpc) is 2.92. The molecule has 29 heavy (non-hydrogen) atoms. The van der Waals surface area contributed by atoms with Crippen LogP contribution in [-0.4, -0.2) is 56.2 Å². The van der Waals surface area contributed by atoms with Crippen LogP contribution in [0.25, 0.3) is 0 Å². The Balaban J connectivity index is 1.85. The van der Waals surface area contributed by atoms with Gasteiger partial charge in [-0.15, -0.1) is 13.2 Å². The lowest BCUT2D eigenvalue weighted by molar-refractivity contribution is -0.274. The highest BCUT2D eigenvalue weighted by atomic mass is 19.4. The van der Waals surface area contributed by atoms with Gasteiger partial charge in [-0.1, -0.05) is 12.1 Å². The van der Waals surface area contributed by atoms with Gasteiger partial charge in [0.2, 0.25) is 0 Å². The lowest BCUT2D eigenvalue weighted by Crippen LogP contribution is -2.36. The molecule has 12 heteroatoms. The molecule has 0 radical (unpaired) electrons. The largest absolute Gasteiger partial charge is 0.573 e. The van der Waals surface area contributed by atoms with Crippen molar-refractivity contribution in [1.82, 2.24) is 9.55 Å². The third-order valence-electron chi connectivity index (χ3n) is 4.40. The van der Waals surface area contributed by atoms with E-state index in [0.717, 1.165) is 22.9 Å². The maximum atomic E-state index is 12.2. The number of halogens is 3. The Bertz CT molecular complexity index is 971. The zero-order chi connectivity index (χ0) is 21.3. The van der Waals surface area contributed by atoms with E-state index in [9.17, 15) is 33.0 Å². The van der Waals surface area contributed by atoms with Crippen molar-refractivity contribution in [3.05, 3.63) is 62.4 Å². The Morgan fingerprint density at radius 3 is 2.34 bits per heavy atom. The predicted molar refractivity (Wildman–Crippen MR) is 90.3 cm³/mol. The highest BCUT2D eigenvalue weighted by Crippen LogP contribution is 2.31. The normalized spacial score (nSPS) is 24.6. The van der Waals surface area contributed by atoms with Crippen molar-refractivity contribution in [3.8, 4) is 5.75 Å². The van der Waals surface area contributed by atoms with Crippen LogP contribution in [0.2, 0.25) is 0 Å². The number of alkyl halides is 3. The van der Waals surface area contributed by atoms with Crippen LogP contribution in [-0.2, 0) is 11.3 Å². The second-order valence-corrected chi connectivity index (χ2v) is 6.42. The molecule has 0 amide bonds. The van der Waals surface area contributed by atoms with E-state index in [1.807, 2.05) is 0 Å². The number of ether oxygens (including phenoxy) is 2. The molecule has 2 heterocycles. The van der Waals surface area contributed by atoms with Crippen LogP contribution in [0.5, 0.6) is 5.75 Å². The average molecular weight is 418 g/mol. The number of aliphatic hydroxyl groups excluding tert-OH is 3. The number of H-pyrrole nitrogens is 1. The first-order valence-corrected chi connectivity index (χ1v) is 8.40. The van der Waals surface area contributed by atoms with Gasteiger partial charge in [0.05, 0.1) is 18.7 Å². The molecular formula is C17H17F3N2O7. The second-order valence-electron chi connectivity index (χ2n) is 6.42. The highest BCUT2D eigenvalue weighted by molar-refractivity contribution is 5.28. The molecule has 0 unspecified atom stereocenters. The lowest BCUT2D eigenvalue weighted by atomic mass is 10.0. The van der Waals surface area contributed by atoms with Crippen molar-refractivity contribution >= 4 is 0 Å². The molecule has 158 valence electrons. The Labute approximate surface area is 160 Å². The summed E-state index contributed by atoms with van der Waals surface area (Å²) in [6.07, 6.45) is -9.01. The molecular weight excluding hydrogens is 401 g/mol. The molecule has 9 nitrogen and oxygen atoms in total. The van der Waals surface area contributed by atoms with Crippen molar-refractivity contribution in [2.24, 2.45) is 0 Å². The number of aromatic amines is 1. The van der Waals surface area contributed by atoms with E-state index in [-0.39, 0.29) is 12.1 Å². The molecule has 1 aromatic carbocycles. The molecule has 0 spiro atoms. The van der Waals surface area contributed by atoms with Crippen molar-refractivity contribution < 1.29 is 38.0 Å². The molecule has 1 saturated heterocycles. The van der Waals surface area contributed by atoms with Gasteiger partial charge >= 0.3 is 12.1 Å². The summed E-state index contributed by atoms with van der Waals surface area (Å²) in [4.78, 5) is 26.3. The molecule has 0 bridgehead atoms. The van der Waals surface area contributed by atoms with Crippen molar-refractivity contribution in [2.45, 2.75) is 37.3 Å². The Kier molecular flexibility index (Phi) is 5.80. The van der Waals surface area contributed by atoms with Gasteiger partial charge in [-0.25, -0.2) is 4.79 Å². The third kappa shape index (κ3) is 4.67. The summed E-state index contributed by atoms with van der Waals surface area (Å²) in [6.45, 7) is -0.692. The minimum absolute atomic E-state index is 0.107. The minimum Gasteiger partial charge on any atom is -0.406 e. The van der Waals surface area contributed by atoms with Crippen LogP contribution in [0, 0.1) is 0 Å². The number of aromatic nitrogens is 2. The molecule has 1 aliphatic heterocycles. The smallest absolute Gasteiger partial charge is 0.406 e. The summed E-state index contributed by atoms with van der Waals surface area (Å²) in [7, 11) is 0. The molecule has 2 aromatic rings. The van der Waals surface area contributed by atoms with Crippen LogP contribution < -0.4 is 16.0 Å². The summed E-state index contributed by atoms with van der Waals surface area (Å²) in [5, 5.41) is 29.1. The van der Waals surface area contributed by atoms with Gasteiger partial charge in [0.25, 0.3) is 5.56 Å². The number of hydrogen-bond acceptors (Lipinski definition) is 7. The molecule has 0 saturated carbocycles. The van der Waals surface area contributed by atoms with Gasteiger partial charge in [-0.05, 0) is 17.7 Å². The van der Waals surface area contributed by atoms with E-state index >= 15 is 0 Å². The number of rotatable bonds is 5. The van der Waals surface area contributed by atoms with Crippen LogP contribution in [0.1, 0.15) is 17.2 Å². The summed E-state index contributed by atoms with van der Waals surface area (Å²) in [5.74, 6) is -0.428. The Morgan fingerprint density at radius 2 is 1.79 bits per heavy atom. The summed E-state index contributed by atoms with van der Waals surface area (Å²) < 4.78 is 46.8. The van der Waals surface area contributed by atoms with Gasteiger partial charge in [0.1, 0.15) is 30.2 Å². The second kappa shape index (κ2) is 7.99. The van der Waals surface area contributed by atoms with Gasteiger partial charge in [-0.2, -0.15) is 0 Å². The van der Waals surface area contributed by atoms with Crippen LogP contribution in [0.3, 0.4) is 0 Å². The fourth-order valence-corrected chi connectivity index (χ4v) is 3.00. The molecule has 0 aliphatic carbocycles. The topological polar surface area (TPSA) is 134 Å². The summed E-state index contributed by atoms with van der Waals surface area (Å²) in [6, 6.07) is 4.77. The minimum atomic E-state index is -4.83. The molecule has 3 rings (SSSR count). The fraction of sp³-hybridized carbons (Fsp3) is 0.412. The first-order valence-electron chi connectivity index (χ1n) is 8.40. The van der Waals surface area contributed by atoms with E-state index in [0.29, 0.717) is 5.56 Å². The van der Waals surface area contributed by atoms with Gasteiger partial charge < -0.3 is 24.8 Å². The van der Waals surface area contributed by atoms with E-state index < -0.39 is 54.4 Å². The third-order valence-corrected chi connectivity index (χ3v) is 4.40. The maximum Gasteiger partial charge on any atom is 0.573 e. The number of aliphatic hydroxyl groups is 3. The number of benzene rings is 1. The van der Waals surface area contributed by atoms with Gasteiger partial charge in [-0.3, -0.25) is 14.3 Å². The Morgan fingerprint density at radius 1 is 1.14 bits per heavy atom. The first kappa shape index (κ1) is 21.0. The standard InChI is InChI=1S/C17H17F3N2O7/c18-17(19,20)29-9-3-1-8(2-4-9)5-22-6-10(15(26)21-16(22)27)14-13(25)12(24)11(7-23)28-14/h1-4,6,11-14,23-25H,5,7H2,(H,21,26,27)/t11-,12-,13-,14+/m1/s1. The molecule has 4 N–H and O–H groups in total. The Hall–Kier alpha value is -2.67. The van der Waals surface area contributed by atoms with Crippen LogP contribution in [0.15, 0.2) is 40.1 Å². The SMILES string of the molecule is O=c1[nH]c(=O)n(Cc2ccc(OC(F)(F)F)cc2)cc1[C@@H]1O[C@H](CO)[C@@H](O)[C@H]1O. The lowest BCUT2D eigenvalue weighted by Gasteiger charge is -2.16. The molecule has 1 fully saturated rings.